The van der Waals surface area contributed by atoms with E-state index in [1.807, 2.05) is 12.1 Å². The zero-order valence-electron chi connectivity index (χ0n) is 7.70. The van der Waals surface area contributed by atoms with E-state index in [9.17, 15) is 5.11 Å². The standard InChI is InChI=1S/C10H12O3/c1-12-8-3-4-9(13-2)10-6(8)5-7(10)11/h3-4,7,11H,5H2,1-2H3. The number of benzene rings is 1. The van der Waals surface area contributed by atoms with Crippen LogP contribution in [-0.2, 0) is 6.42 Å². The summed E-state index contributed by atoms with van der Waals surface area (Å²) in [6.45, 7) is 0. The molecule has 1 aromatic carbocycles. The van der Waals surface area contributed by atoms with Crippen LogP contribution in [0.5, 0.6) is 11.5 Å². The van der Waals surface area contributed by atoms with Gasteiger partial charge in [-0.3, -0.25) is 0 Å². The molecule has 0 radical (unpaired) electrons. The molecule has 0 aliphatic heterocycles. The van der Waals surface area contributed by atoms with Crippen LogP contribution in [0.3, 0.4) is 0 Å². The minimum Gasteiger partial charge on any atom is -0.496 e. The summed E-state index contributed by atoms with van der Waals surface area (Å²) in [6, 6.07) is 3.68. The number of ether oxygens (including phenoxy) is 2. The molecule has 0 aromatic heterocycles. The van der Waals surface area contributed by atoms with Crippen LogP contribution in [0.2, 0.25) is 0 Å². The molecule has 0 heterocycles. The highest BCUT2D eigenvalue weighted by Crippen LogP contribution is 2.44. The molecular weight excluding hydrogens is 168 g/mol. The number of aliphatic hydroxyl groups excluding tert-OH is 1. The number of hydrogen-bond donors (Lipinski definition) is 1. The van der Waals surface area contributed by atoms with Gasteiger partial charge in [0.05, 0.1) is 20.3 Å². The third-order valence-electron chi connectivity index (χ3n) is 2.44. The normalized spacial score (nSPS) is 18.8. The first-order valence-corrected chi connectivity index (χ1v) is 4.19. The Bertz CT molecular complexity index is 333. The van der Waals surface area contributed by atoms with Crippen LogP contribution < -0.4 is 9.47 Å². The van der Waals surface area contributed by atoms with Crippen molar-refractivity contribution < 1.29 is 14.6 Å². The van der Waals surface area contributed by atoms with E-state index in [0.717, 1.165) is 22.6 Å². The average molecular weight is 180 g/mol. The van der Waals surface area contributed by atoms with Gasteiger partial charge in [0.15, 0.2) is 0 Å². The fraction of sp³-hybridized carbons (Fsp3) is 0.400. The van der Waals surface area contributed by atoms with Crippen LogP contribution in [0.1, 0.15) is 17.2 Å². The molecule has 0 fully saturated rings. The molecule has 1 atom stereocenters. The number of hydrogen-bond acceptors (Lipinski definition) is 3. The second-order valence-electron chi connectivity index (χ2n) is 3.08. The molecule has 3 nitrogen and oxygen atoms in total. The summed E-state index contributed by atoms with van der Waals surface area (Å²) in [5.74, 6) is 1.58. The van der Waals surface area contributed by atoms with Gasteiger partial charge < -0.3 is 14.6 Å². The number of methoxy groups -OCH3 is 2. The maximum Gasteiger partial charge on any atom is 0.125 e. The smallest absolute Gasteiger partial charge is 0.125 e. The Morgan fingerprint density at radius 3 is 2.38 bits per heavy atom. The van der Waals surface area contributed by atoms with Crippen LogP contribution in [0.15, 0.2) is 12.1 Å². The summed E-state index contributed by atoms with van der Waals surface area (Å²) in [7, 11) is 3.24. The third-order valence-corrected chi connectivity index (χ3v) is 2.44. The lowest BCUT2D eigenvalue weighted by atomic mass is 9.84. The van der Waals surface area contributed by atoms with Crippen molar-refractivity contribution in [1.29, 1.82) is 0 Å². The van der Waals surface area contributed by atoms with Crippen molar-refractivity contribution in [1.82, 2.24) is 0 Å². The van der Waals surface area contributed by atoms with E-state index in [1.165, 1.54) is 0 Å². The Morgan fingerprint density at radius 1 is 1.23 bits per heavy atom. The second-order valence-corrected chi connectivity index (χ2v) is 3.08. The molecule has 1 unspecified atom stereocenters. The third kappa shape index (κ3) is 1.08. The van der Waals surface area contributed by atoms with Gasteiger partial charge in [-0.25, -0.2) is 0 Å². The average Bonchev–Trinajstić information content (AvgIpc) is 2.15. The monoisotopic (exact) mass is 180 g/mol. The van der Waals surface area contributed by atoms with E-state index in [-0.39, 0.29) is 6.10 Å². The first-order valence-electron chi connectivity index (χ1n) is 4.19. The minimum atomic E-state index is -0.389. The van der Waals surface area contributed by atoms with Crippen molar-refractivity contribution in [2.75, 3.05) is 14.2 Å². The highest BCUT2D eigenvalue weighted by Gasteiger charge is 2.31. The van der Waals surface area contributed by atoms with Gasteiger partial charge in [-0.1, -0.05) is 0 Å². The van der Waals surface area contributed by atoms with Gasteiger partial charge in [-0.2, -0.15) is 0 Å². The zero-order valence-corrected chi connectivity index (χ0v) is 7.70. The lowest BCUT2D eigenvalue weighted by Gasteiger charge is -2.29. The van der Waals surface area contributed by atoms with E-state index in [0.29, 0.717) is 6.42 Å². The van der Waals surface area contributed by atoms with E-state index in [2.05, 4.69) is 0 Å². The SMILES string of the molecule is COc1ccc(OC)c2c1CC2O. The molecular formula is C10H12O3. The van der Waals surface area contributed by atoms with Crippen LogP contribution in [-0.4, -0.2) is 19.3 Å². The fourth-order valence-corrected chi connectivity index (χ4v) is 1.73. The largest absolute Gasteiger partial charge is 0.496 e. The fourth-order valence-electron chi connectivity index (χ4n) is 1.73. The Kier molecular flexibility index (Phi) is 1.88. The number of aliphatic hydroxyl groups is 1. The Balaban J connectivity index is 2.51. The molecule has 1 N–H and O–H groups in total. The summed E-state index contributed by atoms with van der Waals surface area (Å²) < 4.78 is 10.3. The van der Waals surface area contributed by atoms with Gasteiger partial charge in [0, 0.05) is 17.5 Å². The first kappa shape index (κ1) is 8.38. The Labute approximate surface area is 76.9 Å². The minimum absolute atomic E-state index is 0.389. The van der Waals surface area contributed by atoms with Gasteiger partial charge in [0.2, 0.25) is 0 Å². The van der Waals surface area contributed by atoms with Crippen LogP contribution in [0.4, 0.5) is 0 Å². The van der Waals surface area contributed by atoms with Crippen molar-refractivity contribution in [3.05, 3.63) is 23.3 Å². The van der Waals surface area contributed by atoms with E-state index >= 15 is 0 Å². The molecule has 0 amide bonds. The van der Waals surface area contributed by atoms with Gasteiger partial charge >= 0.3 is 0 Å². The maximum atomic E-state index is 9.50. The lowest BCUT2D eigenvalue weighted by Crippen LogP contribution is -2.18. The highest BCUT2D eigenvalue weighted by atomic mass is 16.5. The van der Waals surface area contributed by atoms with Crippen molar-refractivity contribution >= 4 is 0 Å². The summed E-state index contributed by atoms with van der Waals surface area (Å²) in [6.07, 6.45) is 0.274. The Morgan fingerprint density at radius 2 is 1.85 bits per heavy atom. The summed E-state index contributed by atoms with van der Waals surface area (Å²) in [5, 5.41) is 9.50. The molecule has 13 heavy (non-hydrogen) atoms. The molecule has 0 saturated heterocycles. The summed E-state index contributed by atoms with van der Waals surface area (Å²) in [5.41, 5.74) is 1.94. The van der Waals surface area contributed by atoms with Crippen molar-refractivity contribution in [3.63, 3.8) is 0 Å². The highest BCUT2D eigenvalue weighted by molar-refractivity contribution is 5.55. The maximum absolute atomic E-state index is 9.50. The van der Waals surface area contributed by atoms with Crippen LogP contribution >= 0.6 is 0 Å². The van der Waals surface area contributed by atoms with E-state index in [1.54, 1.807) is 14.2 Å². The zero-order chi connectivity index (χ0) is 9.42. The first-order chi connectivity index (χ1) is 6.27. The summed E-state index contributed by atoms with van der Waals surface area (Å²) in [4.78, 5) is 0. The quantitative estimate of drug-likeness (QED) is 0.745. The van der Waals surface area contributed by atoms with E-state index < -0.39 is 0 Å². The van der Waals surface area contributed by atoms with Gasteiger partial charge in [-0.15, -0.1) is 0 Å². The van der Waals surface area contributed by atoms with Gasteiger partial charge in [0.25, 0.3) is 0 Å². The molecule has 1 aliphatic carbocycles. The van der Waals surface area contributed by atoms with E-state index in [4.69, 9.17) is 9.47 Å². The molecule has 0 saturated carbocycles. The van der Waals surface area contributed by atoms with Crippen LogP contribution in [0, 0.1) is 0 Å². The second kappa shape index (κ2) is 2.92. The van der Waals surface area contributed by atoms with Gasteiger partial charge in [0.1, 0.15) is 11.5 Å². The van der Waals surface area contributed by atoms with Crippen molar-refractivity contribution in [2.24, 2.45) is 0 Å². The van der Waals surface area contributed by atoms with Crippen molar-refractivity contribution in [2.45, 2.75) is 12.5 Å². The lowest BCUT2D eigenvalue weighted by molar-refractivity contribution is 0.146. The van der Waals surface area contributed by atoms with Gasteiger partial charge in [-0.05, 0) is 12.1 Å². The molecule has 1 aromatic rings. The molecule has 3 heteroatoms. The molecule has 0 bridgehead atoms. The predicted octanol–water partition coefficient (Wildman–Crippen LogP) is 1.29. The molecule has 0 spiro atoms. The molecule has 70 valence electrons. The molecule has 1 aliphatic rings. The molecule has 2 rings (SSSR count). The summed E-state index contributed by atoms with van der Waals surface area (Å²) >= 11 is 0. The Hall–Kier alpha value is -1.22. The number of fused-ring (bicyclic) bond motifs is 1. The van der Waals surface area contributed by atoms with Crippen molar-refractivity contribution in [3.8, 4) is 11.5 Å². The topological polar surface area (TPSA) is 38.7 Å². The number of rotatable bonds is 2. The predicted molar refractivity (Wildman–Crippen MR) is 48.2 cm³/mol. The van der Waals surface area contributed by atoms with Crippen LogP contribution in [0.25, 0.3) is 0 Å².